The second kappa shape index (κ2) is 9.13. The second-order valence-electron chi connectivity index (χ2n) is 8.32. The number of halogens is 3. The summed E-state index contributed by atoms with van der Waals surface area (Å²) in [6.45, 7) is 5.82. The number of carboxylic acid groups (broad SMARTS) is 1. The maximum atomic E-state index is 12.9. The Morgan fingerprint density at radius 1 is 1.12 bits per heavy atom. The summed E-state index contributed by atoms with van der Waals surface area (Å²) in [6.07, 6.45) is -2.99. The average Bonchev–Trinajstić information content (AvgIpc) is 3.38. The van der Waals surface area contributed by atoms with Crippen molar-refractivity contribution in [2.24, 2.45) is 0 Å². The zero-order valence-electron chi connectivity index (χ0n) is 18.8. The maximum Gasteiger partial charge on any atom is 0.416 e. The predicted molar refractivity (Wildman–Crippen MR) is 125 cm³/mol. The van der Waals surface area contributed by atoms with E-state index in [0.717, 1.165) is 33.6 Å². The molecule has 0 radical (unpaired) electrons. The highest BCUT2D eigenvalue weighted by atomic mass is 32.1. The fourth-order valence-corrected chi connectivity index (χ4v) is 4.97. The molecule has 0 saturated heterocycles. The topological polar surface area (TPSA) is 64.4 Å². The first-order chi connectivity index (χ1) is 16.0. The number of alkyl halides is 3. The minimum absolute atomic E-state index is 0.105. The van der Waals surface area contributed by atoms with Crippen LogP contribution in [-0.4, -0.2) is 20.6 Å². The quantitative estimate of drug-likeness (QED) is 0.301. The van der Waals surface area contributed by atoms with Gasteiger partial charge in [0.2, 0.25) is 0 Å². The van der Waals surface area contributed by atoms with Crippen LogP contribution in [0.15, 0.2) is 54.7 Å². The Labute approximate surface area is 198 Å². The van der Waals surface area contributed by atoms with Crippen molar-refractivity contribution < 1.29 is 27.8 Å². The van der Waals surface area contributed by atoms with Crippen molar-refractivity contribution in [3.63, 3.8) is 0 Å². The van der Waals surface area contributed by atoms with Gasteiger partial charge < -0.3 is 14.4 Å². The number of aromatic nitrogens is 2. The Kier molecular flexibility index (Phi) is 6.40. The van der Waals surface area contributed by atoms with Crippen LogP contribution in [0.2, 0.25) is 0 Å². The average molecular weight is 489 g/mol. The molecule has 1 N–H and O–H groups in total. The number of ether oxygens (including phenoxy) is 1. The molecule has 9 heteroatoms. The van der Waals surface area contributed by atoms with E-state index in [0.29, 0.717) is 16.3 Å². The smallest absolute Gasteiger partial charge is 0.416 e. The molecule has 2 aromatic carbocycles. The summed E-state index contributed by atoms with van der Waals surface area (Å²) in [5.41, 5.74) is 1.58. The SMILES string of the molecule is CC(C)c1nc(-c2ccc(C(F)(F)F)cc2)sc1C(C)Oc1ccc2c(ccn2CC(=O)O)c1. The molecule has 0 aliphatic rings. The normalized spacial score (nSPS) is 12.9. The van der Waals surface area contributed by atoms with E-state index in [4.69, 9.17) is 14.8 Å². The van der Waals surface area contributed by atoms with E-state index in [-0.39, 0.29) is 18.6 Å². The molecule has 2 aromatic heterocycles. The minimum Gasteiger partial charge on any atom is -0.485 e. The summed E-state index contributed by atoms with van der Waals surface area (Å²) < 4.78 is 46.6. The van der Waals surface area contributed by atoms with Gasteiger partial charge in [-0.2, -0.15) is 13.2 Å². The molecule has 0 aliphatic carbocycles. The Morgan fingerprint density at radius 3 is 2.44 bits per heavy atom. The van der Waals surface area contributed by atoms with Crippen LogP contribution in [0.25, 0.3) is 21.5 Å². The molecule has 0 bridgehead atoms. The van der Waals surface area contributed by atoms with Crippen molar-refractivity contribution in [3.05, 3.63) is 70.9 Å². The Balaban J connectivity index is 1.60. The van der Waals surface area contributed by atoms with Crippen LogP contribution in [0.5, 0.6) is 5.75 Å². The first kappa shape index (κ1) is 23.8. The van der Waals surface area contributed by atoms with E-state index in [1.54, 1.807) is 16.8 Å². The summed E-state index contributed by atoms with van der Waals surface area (Å²) in [5.74, 6) is -0.179. The lowest BCUT2D eigenvalue weighted by Crippen LogP contribution is -2.07. The summed E-state index contributed by atoms with van der Waals surface area (Å²) >= 11 is 1.41. The first-order valence-corrected chi connectivity index (χ1v) is 11.5. The largest absolute Gasteiger partial charge is 0.485 e. The van der Waals surface area contributed by atoms with E-state index in [2.05, 4.69) is 0 Å². The molecule has 0 spiro atoms. The minimum atomic E-state index is -4.38. The van der Waals surface area contributed by atoms with Crippen molar-refractivity contribution in [1.29, 1.82) is 0 Å². The number of nitrogens with zero attached hydrogens (tertiary/aromatic N) is 2. The standard InChI is InChI=1S/C25H23F3N2O3S/c1-14(2)22-23(34-24(29-22)16-4-6-18(7-5-16)25(26,27)28)15(3)33-19-8-9-20-17(12-19)10-11-30(20)13-21(31)32/h4-12,14-15H,13H2,1-3H3,(H,31,32). The van der Waals surface area contributed by atoms with Gasteiger partial charge in [-0.1, -0.05) is 26.0 Å². The zero-order chi connectivity index (χ0) is 24.6. The maximum absolute atomic E-state index is 12.9. The monoisotopic (exact) mass is 488 g/mol. The number of rotatable bonds is 7. The van der Waals surface area contributed by atoms with Gasteiger partial charge in [0.1, 0.15) is 23.4 Å². The van der Waals surface area contributed by atoms with Gasteiger partial charge in [0.15, 0.2) is 0 Å². The fraction of sp³-hybridized carbons (Fsp3) is 0.280. The molecule has 4 rings (SSSR count). The van der Waals surface area contributed by atoms with Crippen LogP contribution < -0.4 is 4.74 Å². The highest BCUT2D eigenvalue weighted by molar-refractivity contribution is 7.15. The van der Waals surface area contributed by atoms with E-state index in [1.807, 2.05) is 39.0 Å². The molecule has 1 unspecified atom stereocenters. The van der Waals surface area contributed by atoms with Crippen molar-refractivity contribution in [2.45, 2.75) is 45.5 Å². The fourth-order valence-electron chi connectivity index (χ4n) is 3.77. The lowest BCUT2D eigenvalue weighted by atomic mass is 10.1. The molecule has 34 heavy (non-hydrogen) atoms. The van der Waals surface area contributed by atoms with Crippen molar-refractivity contribution in [2.75, 3.05) is 0 Å². The number of hydrogen-bond donors (Lipinski definition) is 1. The van der Waals surface area contributed by atoms with Crippen molar-refractivity contribution in [1.82, 2.24) is 9.55 Å². The van der Waals surface area contributed by atoms with Gasteiger partial charge in [-0.3, -0.25) is 4.79 Å². The number of hydrogen-bond acceptors (Lipinski definition) is 4. The van der Waals surface area contributed by atoms with Gasteiger partial charge in [0.25, 0.3) is 0 Å². The molecule has 1 atom stereocenters. The van der Waals surface area contributed by atoms with Gasteiger partial charge in [-0.05, 0) is 49.2 Å². The molecule has 0 saturated carbocycles. The van der Waals surface area contributed by atoms with E-state index < -0.39 is 17.7 Å². The third kappa shape index (κ3) is 4.94. The summed E-state index contributed by atoms with van der Waals surface area (Å²) in [6, 6.07) is 12.3. The Bertz CT molecular complexity index is 1320. The number of benzene rings is 2. The molecule has 0 amide bonds. The molecule has 2 heterocycles. The highest BCUT2D eigenvalue weighted by Gasteiger charge is 2.30. The predicted octanol–water partition coefficient (Wildman–Crippen LogP) is 7.13. The lowest BCUT2D eigenvalue weighted by molar-refractivity contribution is -0.138. The van der Waals surface area contributed by atoms with Gasteiger partial charge in [0.05, 0.1) is 16.1 Å². The lowest BCUT2D eigenvalue weighted by Gasteiger charge is -2.16. The number of thiazole rings is 1. The zero-order valence-corrected chi connectivity index (χ0v) is 19.6. The molecular formula is C25H23F3N2O3S. The number of aliphatic carboxylic acids is 1. The van der Waals surface area contributed by atoms with E-state index in [9.17, 15) is 18.0 Å². The molecule has 5 nitrogen and oxygen atoms in total. The molecule has 4 aromatic rings. The van der Waals surface area contributed by atoms with Crippen LogP contribution in [0.3, 0.4) is 0 Å². The highest BCUT2D eigenvalue weighted by Crippen LogP contribution is 2.38. The van der Waals surface area contributed by atoms with Gasteiger partial charge in [-0.15, -0.1) is 11.3 Å². The number of fused-ring (bicyclic) bond motifs is 1. The van der Waals surface area contributed by atoms with E-state index in [1.165, 1.54) is 23.5 Å². The first-order valence-electron chi connectivity index (χ1n) is 10.7. The van der Waals surface area contributed by atoms with Crippen molar-refractivity contribution in [3.8, 4) is 16.3 Å². The van der Waals surface area contributed by atoms with Gasteiger partial charge >= 0.3 is 12.1 Å². The summed E-state index contributed by atoms with van der Waals surface area (Å²) in [5, 5.41) is 10.6. The van der Waals surface area contributed by atoms with E-state index >= 15 is 0 Å². The van der Waals surface area contributed by atoms with Crippen LogP contribution in [0.1, 0.15) is 48.9 Å². The molecule has 178 valence electrons. The number of carboxylic acids is 1. The summed E-state index contributed by atoms with van der Waals surface area (Å²) in [4.78, 5) is 16.7. The number of carbonyl (C=O) groups is 1. The molecule has 0 fully saturated rings. The molecule has 0 aliphatic heterocycles. The Morgan fingerprint density at radius 2 is 1.82 bits per heavy atom. The van der Waals surface area contributed by atoms with Crippen LogP contribution in [0.4, 0.5) is 13.2 Å². The van der Waals surface area contributed by atoms with Gasteiger partial charge in [0, 0.05) is 22.7 Å². The Hall–Kier alpha value is -3.33. The van der Waals surface area contributed by atoms with Crippen molar-refractivity contribution >= 4 is 28.2 Å². The van der Waals surface area contributed by atoms with Crippen LogP contribution >= 0.6 is 11.3 Å². The second-order valence-corrected chi connectivity index (χ2v) is 9.35. The van der Waals surface area contributed by atoms with Gasteiger partial charge in [-0.25, -0.2) is 4.98 Å². The molecular weight excluding hydrogens is 465 g/mol. The van der Waals surface area contributed by atoms with Crippen LogP contribution in [-0.2, 0) is 17.5 Å². The third-order valence-corrected chi connectivity index (χ3v) is 6.70. The third-order valence-electron chi connectivity index (χ3n) is 5.42. The van der Waals surface area contributed by atoms with Crippen LogP contribution in [0, 0.1) is 0 Å². The summed E-state index contributed by atoms with van der Waals surface area (Å²) in [7, 11) is 0.